The molecule has 14 nitrogen and oxygen atoms in total. The molecule has 3 heterocycles. The molecule has 17 heteroatoms. The fraction of sp³-hybridized carbons (Fsp3) is 0.441. The highest BCUT2D eigenvalue weighted by Gasteiger charge is 2.43. The maximum absolute atomic E-state index is 13.2. The molecule has 272 valence electrons. The summed E-state index contributed by atoms with van der Waals surface area (Å²) in [5.41, 5.74) is 1.62. The van der Waals surface area contributed by atoms with Crippen molar-refractivity contribution in [1.29, 1.82) is 5.26 Å². The highest BCUT2D eigenvalue weighted by atomic mass is 31.2. The minimum absolute atomic E-state index is 0.0383. The smallest absolute Gasteiger partial charge is 0.422 e. The van der Waals surface area contributed by atoms with E-state index >= 15 is 0 Å². The standard InChI is InChI=1S/C34H41FN6O8P2/c1-6-39(7-2)28-11-8-25-16-26(34(44)48-31(25)17-28)9-10-27-12-13-29(50(45)46-21-37-32(42)18-35)19-40(27)20-33(43)38-22-47-51-41(23(3)4)24(5)30(49-51)14-15-36/h8-13,16-17,19,23-24,30H,6-7,14,18,20-22H2,1-5H3/p+2. The number of benzene rings is 1. The first kappa shape index (κ1) is 39.6. The van der Waals surface area contributed by atoms with Crippen molar-refractivity contribution in [3.05, 3.63) is 64.3 Å². The van der Waals surface area contributed by atoms with Crippen LogP contribution in [0, 0.1) is 11.3 Å². The second-order valence-corrected chi connectivity index (χ2v) is 14.4. The molecule has 0 saturated carbocycles. The molecule has 4 rings (SSSR count). The van der Waals surface area contributed by atoms with E-state index in [0.29, 0.717) is 11.3 Å². The Morgan fingerprint density at radius 3 is 2.59 bits per heavy atom. The van der Waals surface area contributed by atoms with Crippen LogP contribution in [-0.4, -0.2) is 67.9 Å². The molecule has 2 N–H and O–H groups in total. The lowest BCUT2D eigenvalue weighted by Gasteiger charge is -2.28. The van der Waals surface area contributed by atoms with Crippen LogP contribution >= 0.6 is 16.6 Å². The molecule has 0 radical (unpaired) electrons. The Bertz CT molecular complexity index is 1850. The van der Waals surface area contributed by atoms with E-state index in [9.17, 15) is 28.6 Å². The van der Waals surface area contributed by atoms with E-state index in [-0.39, 0.29) is 48.8 Å². The minimum atomic E-state index is -2.49. The molecule has 1 aromatic carbocycles. The average molecular weight is 745 g/mol. The summed E-state index contributed by atoms with van der Waals surface area (Å²) in [7, 11) is -4.01. The van der Waals surface area contributed by atoms with Gasteiger partial charge in [-0.05, 0) is 63.5 Å². The van der Waals surface area contributed by atoms with Gasteiger partial charge < -0.3 is 29.0 Å². The molecule has 2 amide bonds. The summed E-state index contributed by atoms with van der Waals surface area (Å²) in [5.74, 6) is -1.36. The third-order valence-electron chi connectivity index (χ3n) is 8.09. The molecule has 1 aliphatic rings. The number of amides is 2. The summed E-state index contributed by atoms with van der Waals surface area (Å²) in [4.78, 5) is 39.5. The van der Waals surface area contributed by atoms with Crippen molar-refractivity contribution in [3.63, 3.8) is 0 Å². The number of nitrogens with one attached hydrogen (secondary N) is 2. The Hall–Kier alpha value is -4.15. The van der Waals surface area contributed by atoms with Crippen molar-refractivity contribution in [1.82, 2.24) is 15.3 Å². The summed E-state index contributed by atoms with van der Waals surface area (Å²) >= 11 is 0. The monoisotopic (exact) mass is 744 g/mol. The van der Waals surface area contributed by atoms with Gasteiger partial charge in [0.2, 0.25) is 18.4 Å². The second-order valence-electron chi connectivity index (χ2n) is 11.8. The van der Waals surface area contributed by atoms with E-state index in [1.54, 1.807) is 24.3 Å². The first-order valence-electron chi connectivity index (χ1n) is 16.5. The van der Waals surface area contributed by atoms with Crippen LogP contribution in [0.25, 0.3) is 23.1 Å². The predicted octanol–water partition coefficient (Wildman–Crippen LogP) is 4.25. The number of pyridine rings is 1. The van der Waals surface area contributed by atoms with Crippen molar-refractivity contribution >= 4 is 62.5 Å². The number of fused-ring (bicyclic) bond motifs is 1. The molecule has 1 saturated heterocycles. The first-order valence-corrected chi connectivity index (χ1v) is 18.8. The topological polar surface area (TPSA) is 167 Å². The molecule has 0 aliphatic carbocycles. The number of nitriles is 1. The SMILES string of the molecule is CCN(CC)c1ccc2cc(/C=C/c3ccc([P+](=O)OCNC(=O)CF)c[n+]3CC(=O)NCOP3OC(CC#N)C(C)N3C(C)C)c(=O)oc2c1. The molecule has 0 bridgehead atoms. The highest BCUT2D eigenvalue weighted by Crippen LogP contribution is 2.53. The van der Waals surface area contributed by atoms with Crippen LogP contribution in [0.1, 0.15) is 52.3 Å². The van der Waals surface area contributed by atoms with Gasteiger partial charge in [-0.15, -0.1) is 4.52 Å². The van der Waals surface area contributed by atoms with E-state index in [1.807, 2.05) is 57.5 Å². The quantitative estimate of drug-likeness (QED) is 0.0878. The van der Waals surface area contributed by atoms with Crippen LogP contribution < -0.4 is 31.0 Å². The van der Waals surface area contributed by atoms with Gasteiger partial charge in [-0.2, -0.15) is 9.83 Å². The highest BCUT2D eigenvalue weighted by molar-refractivity contribution is 7.48. The number of carbonyl (C=O) groups is 2. The third-order valence-corrected chi connectivity index (χ3v) is 11.1. The molecule has 4 unspecified atom stereocenters. The normalized spacial score (nSPS) is 17.9. The summed E-state index contributed by atoms with van der Waals surface area (Å²) in [6.45, 7) is 9.57. The number of rotatable bonds is 17. The number of nitrogens with zero attached hydrogens (tertiary/aromatic N) is 4. The van der Waals surface area contributed by atoms with Crippen LogP contribution in [0.3, 0.4) is 0 Å². The zero-order chi connectivity index (χ0) is 37.1. The molecule has 4 atom stereocenters. The van der Waals surface area contributed by atoms with Gasteiger partial charge in [0, 0.05) is 60.5 Å². The largest absolute Gasteiger partial charge is 0.557 e. The van der Waals surface area contributed by atoms with Crippen molar-refractivity contribution < 1.29 is 41.1 Å². The molecular weight excluding hydrogens is 701 g/mol. The van der Waals surface area contributed by atoms with Gasteiger partial charge in [0.25, 0.3) is 25.6 Å². The van der Waals surface area contributed by atoms with Gasteiger partial charge in [0.1, 0.15) is 12.3 Å². The van der Waals surface area contributed by atoms with Crippen molar-refractivity contribution in [2.24, 2.45) is 0 Å². The lowest BCUT2D eigenvalue weighted by atomic mass is 10.1. The van der Waals surface area contributed by atoms with Crippen molar-refractivity contribution in [3.8, 4) is 6.07 Å². The summed E-state index contributed by atoms with van der Waals surface area (Å²) in [6.07, 6.45) is 4.55. The summed E-state index contributed by atoms with van der Waals surface area (Å²) in [5, 5.41) is 15.0. The van der Waals surface area contributed by atoms with Crippen LogP contribution in [0.15, 0.2) is 51.8 Å². The van der Waals surface area contributed by atoms with Gasteiger partial charge in [-0.1, -0.05) is 0 Å². The van der Waals surface area contributed by atoms with E-state index in [2.05, 4.69) is 21.6 Å². The lowest BCUT2D eigenvalue weighted by molar-refractivity contribution is -0.685. The van der Waals surface area contributed by atoms with Crippen LogP contribution in [0.4, 0.5) is 10.1 Å². The van der Waals surface area contributed by atoms with Crippen molar-refractivity contribution in [2.45, 2.75) is 65.8 Å². The second kappa shape index (κ2) is 18.9. The lowest BCUT2D eigenvalue weighted by Crippen LogP contribution is -2.46. The Kier molecular flexibility index (Phi) is 14.7. The van der Waals surface area contributed by atoms with Gasteiger partial charge in [0.15, 0.2) is 13.4 Å². The van der Waals surface area contributed by atoms with Gasteiger partial charge >= 0.3 is 13.7 Å². The van der Waals surface area contributed by atoms with Gasteiger partial charge in [-0.25, -0.2) is 13.9 Å². The van der Waals surface area contributed by atoms with E-state index in [0.717, 1.165) is 24.2 Å². The Morgan fingerprint density at radius 1 is 1.16 bits per heavy atom. The number of aromatic nitrogens is 1. The Balaban J connectivity index is 1.53. The molecule has 3 aromatic rings. The first-order chi connectivity index (χ1) is 24.5. The number of halogens is 1. The minimum Gasteiger partial charge on any atom is -0.422 e. The number of hydrogen-bond donors (Lipinski definition) is 2. The maximum Gasteiger partial charge on any atom is 0.557 e. The van der Waals surface area contributed by atoms with Crippen LogP contribution in [-0.2, 0) is 34.3 Å². The fourth-order valence-electron chi connectivity index (χ4n) is 5.44. The van der Waals surface area contributed by atoms with E-state index in [4.69, 9.17) is 18.0 Å². The zero-order valence-corrected chi connectivity index (χ0v) is 31.0. The van der Waals surface area contributed by atoms with Crippen molar-refractivity contribution in [2.75, 3.05) is 38.1 Å². The molecule has 51 heavy (non-hydrogen) atoms. The number of alkyl halides is 1. The maximum atomic E-state index is 13.2. The van der Waals surface area contributed by atoms with E-state index < -0.39 is 47.4 Å². The summed E-state index contributed by atoms with van der Waals surface area (Å²) < 4.78 is 51.6. The molecule has 1 aliphatic heterocycles. The fourth-order valence-corrected chi connectivity index (χ4v) is 7.98. The molecule has 2 aromatic heterocycles. The number of anilines is 1. The van der Waals surface area contributed by atoms with Crippen LogP contribution in [0.5, 0.6) is 0 Å². The average Bonchev–Trinajstić information content (AvgIpc) is 3.42. The molecule has 1 fully saturated rings. The third kappa shape index (κ3) is 10.5. The summed E-state index contributed by atoms with van der Waals surface area (Å²) in [6, 6.07) is 12.7. The number of hydrogen-bond acceptors (Lipinski definition) is 11. The predicted molar refractivity (Wildman–Crippen MR) is 191 cm³/mol. The Labute approximate surface area is 298 Å². The number of carbonyl (C=O) groups excluding carboxylic acids is 2. The zero-order valence-electron chi connectivity index (χ0n) is 29.2. The Morgan fingerprint density at radius 2 is 1.90 bits per heavy atom. The van der Waals surface area contributed by atoms with E-state index in [1.165, 1.54) is 16.8 Å². The van der Waals surface area contributed by atoms with Crippen LogP contribution in [0.2, 0.25) is 0 Å². The molecule has 0 spiro atoms. The molecular formula is C34H43FN6O8P2+2. The van der Waals surface area contributed by atoms with Gasteiger partial charge in [-0.3, -0.25) is 9.59 Å². The van der Waals surface area contributed by atoms with Gasteiger partial charge in [0.05, 0.1) is 24.2 Å².